The highest BCUT2D eigenvalue weighted by atomic mass is 31.2. The first kappa shape index (κ1) is 20.7. The number of hydrogen-bond donors (Lipinski definition) is 2. The molecule has 0 saturated carbocycles. The Balaban J connectivity index is 0. The molecule has 0 atom stereocenters. The minimum Gasteiger partial charge on any atom is -0.352 e. The van der Waals surface area contributed by atoms with Crippen LogP contribution in [0.4, 0.5) is 4.79 Å². The molecule has 0 aliphatic carbocycles. The van der Waals surface area contributed by atoms with Crippen LogP contribution in [0.1, 0.15) is 0 Å². The number of nitrogens with one attached hydrogen (secondary N) is 1. The molecule has 0 unspecified atom stereocenters. The van der Waals surface area contributed by atoms with Crippen LogP contribution >= 0.6 is 7.60 Å². The number of hydrogen-bond acceptors (Lipinski definition) is 4. The molecule has 0 aliphatic rings. The Kier molecular flexibility index (Phi) is 14.3. The van der Waals surface area contributed by atoms with Crippen LogP contribution in [0.5, 0.6) is 0 Å². The van der Waals surface area contributed by atoms with E-state index < -0.39 is 13.6 Å². The van der Waals surface area contributed by atoms with Gasteiger partial charge in [0.1, 0.15) is 0 Å². The summed E-state index contributed by atoms with van der Waals surface area (Å²) in [4.78, 5) is 9.82. The first-order valence-electron chi connectivity index (χ1n) is 5.80. The fourth-order valence-electron chi connectivity index (χ4n) is 0.806. The van der Waals surface area contributed by atoms with Crippen molar-refractivity contribution in [2.24, 2.45) is 5.73 Å². The molecule has 3 N–H and O–H groups in total. The van der Waals surface area contributed by atoms with E-state index in [1.807, 2.05) is 0 Å². The molecule has 0 radical (unpaired) electrons. The van der Waals surface area contributed by atoms with Crippen LogP contribution in [-0.4, -0.2) is 32.0 Å². The third-order valence-corrected chi connectivity index (χ3v) is 3.34. The summed E-state index contributed by atoms with van der Waals surface area (Å²) >= 11 is 0. The maximum atomic E-state index is 11.7. The van der Waals surface area contributed by atoms with Gasteiger partial charge in [-0.25, -0.2) is 4.79 Å². The minimum absolute atomic E-state index is 0.203. The first-order chi connectivity index (χ1) is 9.45. The minimum atomic E-state index is -3.01. The van der Waals surface area contributed by atoms with Crippen LogP contribution in [0.3, 0.4) is 0 Å². The summed E-state index contributed by atoms with van der Waals surface area (Å²) in [5.74, 6) is 0. The number of carbonyl (C=O) groups excluding carboxylic acids is 1. The van der Waals surface area contributed by atoms with Gasteiger partial charge in [0, 0.05) is 6.54 Å². The Morgan fingerprint density at radius 3 is 1.80 bits per heavy atom. The van der Waals surface area contributed by atoms with Crippen LogP contribution in [0.2, 0.25) is 0 Å². The molecular weight excluding hydrogens is 279 g/mol. The summed E-state index contributed by atoms with van der Waals surface area (Å²) in [5, 5.41) is 2.32. The topological polar surface area (TPSA) is 90.6 Å². The molecule has 0 aromatic rings. The van der Waals surface area contributed by atoms with Gasteiger partial charge in [0.25, 0.3) is 0 Å². The lowest BCUT2D eigenvalue weighted by Crippen LogP contribution is -2.28. The smallest absolute Gasteiger partial charge is 0.335 e. The number of nitrogens with two attached hydrogens (primary N) is 1. The molecule has 7 heteroatoms. The second-order valence-electron chi connectivity index (χ2n) is 3.28. The fraction of sp³-hybridized carbons (Fsp3) is 0.308. The fourth-order valence-corrected chi connectivity index (χ4v) is 2.07. The molecule has 20 heavy (non-hydrogen) atoms. The Hall–Kier alpha value is -1.62. The maximum Gasteiger partial charge on any atom is 0.335 e. The van der Waals surface area contributed by atoms with Crippen molar-refractivity contribution in [2.45, 2.75) is 0 Å². The number of primary amides is 1. The molecule has 0 heterocycles. The van der Waals surface area contributed by atoms with Crippen LogP contribution in [0.15, 0.2) is 50.6 Å². The van der Waals surface area contributed by atoms with Crippen molar-refractivity contribution in [1.82, 2.24) is 5.32 Å². The molecule has 0 aromatic heterocycles. The van der Waals surface area contributed by atoms with Gasteiger partial charge in [0.15, 0.2) is 0 Å². The van der Waals surface area contributed by atoms with E-state index in [1.54, 1.807) is 6.08 Å². The van der Waals surface area contributed by atoms with Gasteiger partial charge >= 0.3 is 13.6 Å². The normalized spacial score (nSPS) is 9.60. The molecule has 0 rings (SSSR count). The predicted molar refractivity (Wildman–Crippen MR) is 82.8 cm³/mol. The molecule has 0 bridgehead atoms. The lowest BCUT2D eigenvalue weighted by molar-refractivity contribution is 0.239. The van der Waals surface area contributed by atoms with E-state index in [9.17, 15) is 9.36 Å². The van der Waals surface area contributed by atoms with Crippen LogP contribution in [0, 0.1) is 0 Å². The summed E-state index contributed by atoms with van der Waals surface area (Å²) in [6.45, 7) is 14.6. The van der Waals surface area contributed by atoms with Gasteiger partial charge in [-0.1, -0.05) is 24.3 Å². The van der Waals surface area contributed by atoms with Gasteiger partial charge in [0.2, 0.25) is 0 Å². The highest BCUT2D eigenvalue weighted by Crippen LogP contribution is 2.47. The zero-order valence-electron chi connectivity index (χ0n) is 11.6. The van der Waals surface area contributed by atoms with Gasteiger partial charge in [-0.15, -0.1) is 26.3 Å². The SMILES string of the molecule is C=CCNC(N)=O.C=CCOP(=O)(CC=C)OCC=C. The summed E-state index contributed by atoms with van der Waals surface area (Å²) in [6.07, 6.45) is 6.31. The second-order valence-corrected chi connectivity index (χ2v) is 5.39. The number of allylic oxidation sites excluding steroid dienone is 1. The van der Waals surface area contributed by atoms with Gasteiger partial charge in [-0.2, -0.15) is 0 Å². The van der Waals surface area contributed by atoms with Crippen molar-refractivity contribution in [3.63, 3.8) is 0 Å². The second kappa shape index (κ2) is 13.8. The van der Waals surface area contributed by atoms with Crippen molar-refractivity contribution in [3.8, 4) is 0 Å². The molecule has 0 saturated heterocycles. The van der Waals surface area contributed by atoms with E-state index >= 15 is 0 Å². The van der Waals surface area contributed by atoms with E-state index in [2.05, 4.69) is 37.4 Å². The number of amides is 2. The summed E-state index contributed by atoms with van der Waals surface area (Å²) < 4.78 is 21.8. The van der Waals surface area contributed by atoms with E-state index in [0.717, 1.165) is 0 Å². The summed E-state index contributed by atoms with van der Waals surface area (Å²) in [6, 6.07) is -0.514. The Morgan fingerprint density at radius 2 is 1.55 bits per heavy atom. The zero-order valence-corrected chi connectivity index (χ0v) is 12.5. The standard InChI is InChI=1S/C9H15O3P.C4H8N2O/c1-4-7-11-13(10,9-6-3)12-8-5-2;1-2-3-6-4(5)7/h4-6H,1-3,7-9H2;2H,1,3H2,(H3,5,6,7). The number of urea groups is 1. The van der Waals surface area contributed by atoms with Crippen LogP contribution < -0.4 is 11.1 Å². The molecule has 0 spiro atoms. The quantitative estimate of drug-likeness (QED) is 0.479. The van der Waals surface area contributed by atoms with Crippen LogP contribution in [0.25, 0.3) is 0 Å². The summed E-state index contributed by atoms with van der Waals surface area (Å²) in [7, 11) is -3.01. The number of carbonyl (C=O) groups is 1. The molecule has 114 valence electrons. The van der Waals surface area contributed by atoms with E-state index in [-0.39, 0.29) is 19.4 Å². The monoisotopic (exact) mass is 302 g/mol. The Morgan fingerprint density at radius 1 is 1.05 bits per heavy atom. The Labute approximate surface area is 120 Å². The average Bonchev–Trinajstić information content (AvgIpc) is 2.42. The van der Waals surface area contributed by atoms with Crippen molar-refractivity contribution in [3.05, 3.63) is 50.6 Å². The third-order valence-electron chi connectivity index (χ3n) is 1.55. The molecule has 0 aliphatic heterocycles. The van der Waals surface area contributed by atoms with Gasteiger partial charge in [-0.3, -0.25) is 4.57 Å². The molecule has 0 fully saturated rings. The largest absolute Gasteiger partial charge is 0.352 e. The highest BCUT2D eigenvalue weighted by molar-refractivity contribution is 7.54. The molecular formula is C13H23N2O4P. The molecule has 2 amide bonds. The number of rotatable bonds is 10. The lowest BCUT2D eigenvalue weighted by atomic mass is 10.6. The van der Waals surface area contributed by atoms with E-state index in [1.165, 1.54) is 18.2 Å². The van der Waals surface area contributed by atoms with Crippen molar-refractivity contribution in [2.75, 3.05) is 25.9 Å². The van der Waals surface area contributed by atoms with Crippen molar-refractivity contribution >= 4 is 13.6 Å². The van der Waals surface area contributed by atoms with Gasteiger partial charge < -0.3 is 20.1 Å². The van der Waals surface area contributed by atoms with E-state index in [4.69, 9.17) is 9.05 Å². The average molecular weight is 302 g/mol. The highest BCUT2D eigenvalue weighted by Gasteiger charge is 2.21. The van der Waals surface area contributed by atoms with Crippen molar-refractivity contribution in [1.29, 1.82) is 0 Å². The molecule has 6 nitrogen and oxygen atoms in total. The maximum absolute atomic E-state index is 11.7. The lowest BCUT2D eigenvalue weighted by Gasteiger charge is -2.14. The van der Waals surface area contributed by atoms with Crippen LogP contribution in [-0.2, 0) is 13.6 Å². The first-order valence-corrected chi connectivity index (χ1v) is 7.53. The van der Waals surface area contributed by atoms with E-state index in [0.29, 0.717) is 6.54 Å². The predicted octanol–water partition coefficient (Wildman–Crippen LogP) is 2.61. The van der Waals surface area contributed by atoms with Gasteiger partial charge in [-0.05, 0) is 0 Å². The molecule has 0 aromatic carbocycles. The third kappa shape index (κ3) is 14.4. The van der Waals surface area contributed by atoms with Gasteiger partial charge in [0.05, 0.1) is 19.4 Å². The Bertz CT molecular complexity index is 353. The van der Waals surface area contributed by atoms with Crippen molar-refractivity contribution < 1.29 is 18.4 Å². The summed E-state index contributed by atoms with van der Waals surface area (Å²) in [5.41, 5.74) is 4.68. The zero-order chi connectivity index (χ0) is 15.9.